The fourth-order valence-electron chi connectivity index (χ4n) is 3.63. The highest BCUT2D eigenvalue weighted by molar-refractivity contribution is 5.84. The normalized spacial score (nSPS) is 17.3. The highest BCUT2D eigenvalue weighted by Gasteiger charge is 2.18. The molecule has 1 saturated heterocycles. The minimum Gasteiger partial charge on any atom is -0.376 e. The van der Waals surface area contributed by atoms with Gasteiger partial charge in [-0.3, -0.25) is 4.79 Å². The summed E-state index contributed by atoms with van der Waals surface area (Å²) in [5, 5.41) is 5.05. The molecule has 1 aliphatic rings. The molecule has 0 saturated carbocycles. The summed E-state index contributed by atoms with van der Waals surface area (Å²) < 4.78 is 9.11. The van der Waals surface area contributed by atoms with E-state index in [9.17, 15) is 4.79 Å². The molecule has 6 heteroatoms. The van der Waals surface area contributed by atoms with Crippen LogP contribution in [0.2, 0.25) is 0 Å². The van der Waals surface area contributed by atoms with Crippen LogP contribution in [-0.2, 0) is 11.3 Å². The second-order valence-electron chi connectivity index (χ2n) is 6.63. The number of fused-ring (bicyclic) bond motifs is 3. The van der Waals surface area contributed by atoms with Gasteiger partial charge in [0.25, 0.3) is 5.56 Å². The van der Waals surface area contributed by atoms with E-state index in [-0.39, 0.29) is 11.7 Å². The fraction of sp³-hybridized carbons (Fsp3) is 0.250. The number of nitrogens with zero attached hydrogens (tertiary/aromatic N) is 4. The summed E-state index contributed by atoms with van der Waals surface area (Å²) in [6, 6.07) is 12.0. The molecule has 3 aromatic heterocycles. The minimum atomic E-state index is -0.0517. The number of pyridine rings is 1. The maximum atomic E-state index is 12.9. The molecule has 1 atom stereocenters. The molecular formula is C20H18N4O2. The van der Waals surface area contributed by atoms with E-state index in [1.54, 1.807) is 21.5 Å². The summed E-state index contributed by atoms with van der Waals surface area (Å²) in [6.45, 7) is 1.37. The highest BCUT2D eigenvalue weighted by atomic mass is 16.5. The Labute approximate surface area is 149 Å². The monoisotopic (exact) mass is 346 g/mol. The number of rotatable bonds is 3. The Bertz CT molecular complexity index is 1140. The van der Waals surface area contributed by atoms with Crippen LogP contribution < -0.4 is 5.56 Å². The third-order valence-electron chi connectivity index (χ3n) is 4.98. The molecule has 130 valence electrons. The Hall–Kier alpha value is -2.99. The molecular weight excluding hydrogens is 328 g/mol. The van der Waals surface area contributed by atoms with Gasteiger partial charge in [0.2, 0.25) is 0 Å². The number of aromatic nitrogens is 4. The molecule has 26 heavy (non-hydrogen) atoms. The van der Waals surface area contributed by atoms with E-state index >= 15 is 0 Å². The Morgan fingerprint density at radius 2 is 2.04 bits per heavy atom. The lowest BCUT2D eigenvalue weighted by Crippen LogP contribution is -2.26. The van der Waals surface area contributed by atoms with Crippen molar-refractivity contribution in [2.24, 2.45) is 0 Å². The van der Waals surface area contributed by atoms with Crippen LogP contribution >= 0.6 is 0 Å². The van der Waals surface area contributed by atoms with Crippen molar-refractivity contribution < 1.29 is 4.74 Å². The molecule has 0 bridgehead atoms. The standard InChI is InChI=1S/C20H18N4O2/c25-20-17-11-21-19-16(14-5-2-1-3-6-14)12-22-24(19)18(17)8-9-23(20)13-15-7-4-10-26-15/h1-3,5-6,8-9,11-12,15H,4,7,10,13H2/t15-/m1/s1. The van der Waals surface area contributed by atoms with Gasteiger partial charge in [0, 0.05) is 24.6 Å². The van der Waals surface area contributed by atoms with Crippen LogP contribution in [0, 0.1) is 0 Å². The molecule has 1 aromatic carbocycles. The lowest BCUT2D eigenvalue weighted by Gasteiger charge is -2.12. The molecule has 0 spiro atoms. The van der Waals surface area contributed by atoms with Crippen molar-refractivity contribution in [1.29, 1.82) is 0 Å². The van der Waals surface area contributed by atoms with Gasteiger partial charge in [-0.05, 0) is 24.5 Å². The summed E-state index contributed by atoms with van der Waals surface area (Å²) >= 11 is 0. The van der Waals surface area contributed by atoms with Gasteiger partial charge < -0.3 is 9.30 Å². The van der Waals surface area contributed by atoms with Crippen LogP contribution in [0.4, 0.5) is 0 Å². The second-order valence-corrected chi connectivity index (χ2v) is 6.63. The van der Waals surface area contributed by atoms with Gasteiger partial charge in [-0.15, -0.1) is 0 Å². The van der Waals surface area contributed by atoms with Gasteiger partial charge in [0.15, 0.2) is 5.65 Å². The molecule has 1 aliphatic heterocycles. The number of hydrogen-bond donors (Lipinski definition) is 0. The Kier molecular flexibility index (Phi) is 3.57. The van der Waals surface area contributed by atoms with Crippen molar-refractivity contribution in [2.75, 3.05) is 6.61 Å². The van der Waals surface area contributed by atoms with E-state index in [1.807, 2.05) is 42.6 Å². The zero-order chi connectivity index (χ0) is 17.5. The first kappa shape index (κ1) is 15.3. The van der Waals surface area contributed by atoms with Crippen molar-refractivity contribution in [2.45, 2.75) is 25.5 Å². The summed E-state index contributed by atoms with van der Waals surface area (Å²) in [5.74, 6) is 0. The summed E-state index contributed by atoms with van der Waals surface area (Å²) in [7, 11) is 0. The van der Waals surface area contributed by atoms with E-state index in [0.717, 1.165) is 41.7 Å². The van der Waals surface area contributed by atoms with Crippen molar-refractivity contribution in [1.82, 2.24) is 19.2 Å². The van der Waals surface area contributed by atoms with E-state index in [4.69, 9.17) is 4.74 Å². The minimum absolute atomic E-state index is 0.0517. The lowest BCUT2D eigenvalue weighted by molar-refractivity contribution is 0.0963. The topological polar surface area (TPSA) is 61.4 Å². The van der Waals surface area contributed by atoms with Gasteiger partial charge in [0.05, 0.1) is 29.7 Å². The van der Waals surface area contributed by atoms with Crippen molar-refractivity contribution in [3.05, 3.63) is 65.3 Å². The molecule has 0 unspecified atom stereocenters. The SMILES string of the molecule is O=c1c2cnc3c(-c4ccccc4)cnn3c2ccn1C[C@H]1CCCO1. The summed E-state index contributed by atoms with van der Waals surface area (Å²) in [6.07, 6.45) is 7.47. The second kappa shape index (κ2) is 6.07. The molecule has 0 aliphatic carbocycles. The van der Waals surface area contributed by atoms with Crippen molar-refractivity contribution >= 4 is 16.6 Å². The van der Waals surface area contributed by atoms with Crippen LogP contribution in [0.15, 0.2) is 59.8 Å². The Morgan fingerprint density at radius 3 is 2.85 bits per heavy atom. The molecule has 0 radical (unpaired) electrons. The predicted molar refractivity (Wildman–Crippen MR) is 99.2 cm³/mol. The molecule has 4 heterocycles. The number of benzene rings is 1. The predicted octanol–water partition coefficient (Wildman–Crippen LogP) is 2.89. The zero-order valence-corrected chi connectivity index (χ0v) is 14.2. The smallest absolute Gasteiger partial charge is 0.261 e. The van der Waals surface area contributed by atoms with E-state index in [0.29, 0.717) is 11.9 Å². The Balaban J connectivity index is 1.64. The molecule has 4 aromatic rings. The third kappa shape index (κ3) is 2.42. The van der Waals surface area contributed by atoms with Crippen LogP contribution in [-0.4, -0.2) is 31.9 Å². The van der Waals surface area contributed by atoms with Gasteiger partial charge in [-0.25, -0.2) is 9.50 Å². The maximum absolute atomic E-state index is 12.9. The van der Waals surface area contributed by atoms with Crippen molar-refractivity contribution in [3.63, 3.8) is 0 Å². The molecule has 0 amide bonds. The molecule has 5 rings (SSSR count). The van der Waals surface area contributed by atoms with E-state index in [1.165, 1.54) is 0 Å². The highest BCUT2D eigenvalue weighted by Crippen LogP contribution is 2.24. The summed E-state index contributed by atoms with van der Waals surface area (Å²) in [4.78, 5) is 17.4. The lowest BCUT2D eigenvalue weighted by atomic mass is 10.1. The summed E-state index contributed by atoms with van der Waals surface area (Å²) in [5.41, 5.74) is 3.48. The number of ether oxygens (including phenoxy) is 1. The van der Waals surface area contributed by atoms with E-state index < -0.39 is 0 Å². The zero-order valence-electron chi connectivity index (χ0n) is 14.2. The van der Waals surface area contributed by atoms with Crippen LogP contribution in [0.1, 0.15) is 12.8 Å². The van der Waals surface area contributed by atoms with Crippen LogP contribution in [0.5, 0.6) is 0 Å². The third-order valence-corrected chi connectivity index (χ3v) is 4.98. The first-order chi connectivity index (χ1) is 12.8. The van der Waals surface area contributed by atoms with Gasteiger partial charge in [-0.1, -0.05) is 30.3 Å². The van der Waals surface area contributed by atoms with Gasteiger partial charge in [-0.2, -0.15) is 5.10 Å². The van der Waals surface area contributed by atoms with E-state index in [2.05, 4.69) is 10.1 Å². The quantitative estimate of drug-likeness (QED) is 0.572. The largest absolute Gasteiger partial charge is 0.376 e. The first-order valence-corrected chi connectivity index (χ1v) is 8.84. The average Bonchev–Trinajstić information content (AvgIpc) is 3.34. The van der Waals surface area contributed by atoms with Gasteiger partial charge >= 0.3 is 0 Å². The van der Waals surface area contributed by atoms with Crippen molar-refractivity contribution in [3.8, 4) is 11.1 Å². The molecule has 1 fully saturated rings. The van der Waals surface area contributed by atoms with Crippen LogP contribution in [0.25, 0.3) is 27.7 Å². The fourth-order valence-corrected chi connectivity index (χ4v) is 3.63. The molecule has 6 nitrogen and oxygen atoms in total. The molecule has 0 N–H and O–H groups in total. The maximum Gasteiger partial charge on any atom is 0.261 e. The Morgan fingerprint density at radius 1 is 1.15 bits per heavy atom. The van der Waals surface area contributed by atoms with Gasteiger partial charge in [0.1, 0.15) is 0 Å². The first-order valence-electron chi connectivity index (χ1n) is 8.84. The van der Waals surface area contributed by atoms with Crippen LogP contribution in [0.3, 0.4) is 0 Å². The number of hydrogen-bond acceptors (Lipinski definition) is 4. The average molecular weight is 346 g/mol.